The maximum absolute atomic E-state index is 15.0. The van der Waals surface area contributed by atoms with Gasteiger partial charge in [-0.3, -0.25) is 4.79 Å². The molecule has 3 aromatic rings. The zero-order chi connectivity index (χ0) is 22.8. The molecule has 2 aliphatic rings. The van der Waals surface area contributed by atoms with Gasteiger partial charge in [-0.25, -0.2) is 9.37 Å². The molecule has 4 heterocycles. The van der Waals surface area contributed by atoms with Crippen molar-refractivity contribution in [1.29, 1.82) is 0 Å². The number of carbonyl (C=O) groups excluding carboxylic acids is 1. The summed E-state index contributed by atoms with van der Waals surface area (Å²) in [6.07, 6.45) is 5.61. The highest BCUT2D eigenvalue weighted by Crippen LogP contribution is 2.31. The molecule has 33 heavy (non-hydrogen) atoms. The Morgan fingerprint density at radius 3 is 2.97 bits per heavy atom. The zero-order valence-electron chi connectivity index (χ0n) is 18.3. The second-order valence-electron chi connectivity index (χ2n) is 8.15. The molecule has 0 aliphatic carbocycles. The first kappa shape index (κ1) is 21.3. The molecule has 0 spiro atoms. The lowest BCUT2D eigenvalue weighted by molar-refractivity contribution is 0.102. The van der Waals surface area contributed by atoms with E-state index in [2.05, 4.69) is 27.4 Å². The van der Waals surface area contributed by atoms with Crippen LogP contribution in [0.3, 0.4) is 0 Å². The molecule has 1 amide bonds. The molecule has 9 heteroatoms. The van der Waals surface area contributed by atoms with E-state index in [0.29, 0.717) is 55.6 Å². The first-order chi connectivity index (χ1) is 16.1. The average molecular weight is 449 g/mol. The van der Waals surface area contributed by atoms with E-state index in [0.717, 1.165) is 12.0 Å². The fourth-order valence-electron chi connectivity index (χ4n) is 4.13. The predicted octanol–water partition coefficient (Wildman–Crippen LogP) is 4.27. The number of carbonyl (C=O) groups is 1. The van der Waals surface area contributed by atoms with E-state index in [9.17, 15) is 4.79 Å². The summed E-state index contributed by atoms with van der Waals surface area (Å²) >= 11 is 0. The minimum atomic E-state index is -0.421. The summed E-state index contributed by atoms with van der Waals surface area (Å²) in [5.74, 6) is 0.368. The van der Waals surface area contributed by atoms with Crippen molar-refractivity contribution in [3.8, 4) is 17.3 Å². The van der Waals surface area contributed by atoms with Crippen LogP contribution in [0.15, 0.2) is 42.7 Å². The van der Waals surface area contributed by atoms with Crippen LogP contribution in [0.25, 0.3) is 17.1 Å². The standard InChI is InChI=1S/C24H24FN5O3/c1-15-4-3-9-33-21-13-19(25)17(16-7-10-32-11-8-16)12-18(21)24(31)28-22-6-2-5-20(27-22)23-29-26-14-30(15)23/h2,5-7,12-15H,3-4,8-11H2,1H3,(H,27,28,31)/t15-/m0/s1. The minimum Gasteiger partial charge on any atom is -0.493 e. The first-order valence-corrected chi connectivity index (χ1v) is 11.0. The van der Waals surface area contributed by atoms with Gasteiger partial charge in [0.25, 0.3) is 5.91 Å². The quantitative estimate of drug-likeness (QED) is 0.597. The number of amides is 1. The summed E-state index contributed by atoms with van der Waals surface area (Å²) in [7, 11) is 0. The number of halogens is 1. The van der Waals surface area contributed by atoms with E-state index in [1.165, 1.54) is 6.07 Å². The molecule has 170 valence electrons. The SMILES string of the molecule is C[C@H]1CCCOc2cc(F)c(C3=CCOCC3)cc2C(=O)Nc2cccc(n2)-c2nncn21. The maximum Gasteiger partial charge on any atom is 0.260 e. The van der Waals surface area contributed by atoms with Gasteiger partial charge in [-0.1, -0.05) is 12.1 Å². The molecule has 2 aromatic heterocycles. The number of anilines is 1. The molecule has 5 rings (SSSR count). The van der Waals surface area contributed by atoms with E-state index in [4.69, 9.17) is 9.47 Å². The molecule has 0 radical (unpaired) electrons. The van der Waals surface area contributed by atoms with Crippen LogP contribution in [0.1, 0.15) is 48.1 Å². The Balaban J connectivity index is 1.56. The van der Waals surface area contributed by atoms with Gasteiger partial charge < -0.3 is 19.4 Å². The molecule has 1 aromatic carbocycles. The number of benzene rings is 1. The van der Waals surface area contributed by atoms with Crippen molar-refractivity contribution in [1.82, 2.24) is 19.7 Å². The van der Waals surface area contributed by atoms with Crippen molar-refractivity contribution in [2.75, 3.05) is 25.1 Å². The molecule has 2 aliphatic heterocycles. The van der Waals surface area contributed by atoms with E-state index < -0.39 is 11.7 Å². The van der Waals surface area contributed by atoms with Gasteiger partial charge in [-0.15, -0.1) is 10.2 Å². The second kappa shape index (κ2) is 9.11. The molecule has 0 fully saturated rings. The highest BCUT2D eigenvalue weighted by atomic mass is 19.1. The van der Waals surface area contributed by atoms with E-state index in [1.807, 2.05) is 16.7 Å². The molecule has 2 bridgehead atoms. The van der Waals surface area contributed by atoms with Gasteiger partial charge >= 0.3 is 0 Å². The van der Waals surface area contributed by atoms with Crippen molar-refractivity contribution in [3.05, 3.63) is 59.7 Å². The summed E-state index contributed by atoms with van der Waals surface area (Å²) in [6, 6.07) is 8.30. The first-order valence-electron chi connectivity index (χ1n) is 11.0. The number of aromatic nitrogens is 4. The zero-order valence-corrected chi connectivity index (χ0v) is 18.3. The third-order valence-corrected chi connectivity index (χ3v) is 5.91. The smallest absolute Gasteiger partial charge is 0.260 e. The van der Waals surface area contributed by atoms with Crippen LogP contribution in [0.4, 0.5) is 10.2 Å². The van der Waals surface area contributed by atoms with Crippen molar-refractivity contribution in [2.45, 2.75) is 32.2 Å². The molecule has 0 unspecified atom stereocenters. The number of hydrogen-bond donors (Lipinski definition) is 1. The fourth-order valence-corrected chi connectivity index (χ4v) is 4.13. The summed E-state index contributed by atoms with van der Waals surface area (Å²) in [4.78, 5) is 17.8. The molecule has 8 nitrogen and oxygen atoms in total. The van der Waals surface area contributed by atoms with Gasteiger partial charge in [0, 0.05) is 17.7 Å². The van der Waals surface area contributed by atoms with Crippen molar-refractivity contribution >= 4 is 17.3 Å². The van der Waals surface area contributed by atoms with E-state index in [-0.39, 0.29) is 17.4 Å². The summed E-state index contributed by atoms with van der Waals surface area (Å²) < 4.78 is 28.2. The largest absolute Gasteiger partial charge is 0.493 e. The lowest BCUT2D eigenvalue weighted by Crippen LogP contribution is -2.17. The van der Waals surface area contributed by atoms with Crippen molar-refractivity contribution in [2.24, 2.45) is 0 Å². The highest BCUT2D eigenvalue weighted by Gasteiger charge is 2.22. The van der Waals surface area contributed by atoms with Crippen LogP contribution in [-0.4, -0.2) is 45.5 Å². The van der Waals surface area contributed by atoms with Crippen molar-refractivity contribution < 1.29 is 18.7 Å². The topological polar surface area (TPSA) is 91.2 Å². The van der Waals surface area contributed by atoms with Gasteiger partial charge in [0.05, 0.1) is 25.4 Å². The molecular weight excluding hydrogens is 425 g/mol. The van der Waals surface area contributed by atoms with Crippen LogP contribution in [0.5, 0.6) is 5.75 Å². The summed E-state index contributed by atoms with van der Waals surface area (Å²) in [5.41, 5.74) is 2.08. The van der Waals surface area contributed by atoms with Crippen LogP contribution in [0.2, 0.25) is 0 Å². The summed E-state index contributed by atoms with van der Waals surface area (Å²) in [6.45, 7) is 3.37. The lowest BCUT2D eigenvalue weighted by atomic mass is 9.98. The third kappa shape index (κ3) is 4.36. The van der Waals surface area contributed by atoms with Crippen LogP contribution in [0, 0.1) is 5.82 Å². The Labute approximate surface area is 190 Å². The fraction of sp³-hybridized carbons (Fsp3) is 0.333. The van der Waals surface area contributed by atoms with Crippen LogP contribution >= 0.6 is 0 Å². The molecule has 1 N–H and O–H groups in total. The number of pyridine rings is 1. The number of nitrogens with zero attached hydrogens (tertiary/aromatic N) is 4. The number of fused-ring (bicyclic) bond motifs is 5. The van der Waals surface area contributed by atoms with Crippen molar-refractivity contribution in [3.63, 3.8) is 0 Å². The molecular formula is C24H24FN5O3. The maximum atomic E-state index is 15.0. The molecule has 0 saturated carbocycles. The normalized spacial score (nSPS) is 18.8. The Kier molecular flexibility index (Phi) is 5.87. The van der Waals surface area contributed by atoms with Gasteiger partial charge in [0.15, 0.2) is 5.82 Å². The van der Waals surface area contributed by atoms with Gasteiger partial charge in [-0.2, -0.15) is 0 Å². The average Bonchev–Trinajstić information content (AvgIpc) is 3.32. The monoisotopic (exact) mass is 449 g/mol. The summed E-state index contributed by atoms with van der Waals surface area (Å²) in [5, 5.41) is 11.1. The third-order valence-electron chi connectivity index (χ3n) is 5.91. The number of hydrogen-bond acceptors (Lipinski definition) is 6. The lowest BCUT2D eigenvalue weighted by Gasteiger charge is -2.19. The van der Waals surface area contributed by atoms with E-state index in [1.54, 1.807) is 24.5 Å². The van der Waals surface area contributed by atoms with Gasteiger partial charge in [0.1, 0.15) is 29.4 Å². The van der Waals surface area contributed by atoms with E-state index >= 15 is 4.39 Å². The molecule has 0 saturated heterocycles. The van der Waals surface area contributed by atoms with Gasteiger partial charge in [0.2, 0.25) is 0 Å². The molecule has 1 atom stereocenters. The van der Waals surface area contributed by atoms with Crippen LogP contribution in [-0.2, 0) is 4.74 Å². The van der Waals surface area contributed by atoms with Crippen LogP contribution < -0.4 is 10.1 Å². The second-order valence-corrected chi connectivity index (χ2v) is 8.15. The number of rotatable bonds is 1. The Morgan fingerprint density at radius 2 is 2.12 bits per heavy atom. The minimum absolute atomic E-state index is 0.112. The Bertz CT molecular complexity index is 1220. The number of ether oxygens (including phenoxy) is 2. The Morgan fingerprint density at radius 1 is 1.21 bits per heavy atom. The highest BCUT2D eigenvalue weighted by molar-refractivity contribution is 6.06. The predicted molar refractivity (Wildman–Crippen MR) is 120 cm³/mol. The van der Waals surface area contributed by atoms with Gasteiger partial charge in [-0.05, 0) is 50.0 Å². The number of nitrogens with one attached hydrogen (secondary N) is 1. The Hall–Kier alpha value is -3.59.